The monoisotopic (exact) mass is 371 g/mol. The second-order valence-electron chi connectivity index (χ2n) is 7.61. The third kappa shape index (κ3) is 3.80. The largest absolute Gasteiger partial charge is 0.394 e. The van der Waals surface area contributed by atoms with Crippen molar-refractivity contribution in [2.45, 2.75) is 50.0 Å². The summed E-state index contributed by atoms with van der Waals surface area (Å²) in [6, 6.07) is 10.9. The maximum atomic E-state index is 9.05. The molecular weight excluding hydrogens is 342 g/mol. The maximum Gasteiger partial charge on any atom is 0.0847 e. The van der Waals surface area contributed by atoms with Gasteiger partial charge in [-0.05, 0) is 49.4 Å². The highest BCUT2D eigenvalue weighted by Crippen LogP contribution is 2.43. The van der Waals surface area contributed by atoms with Crippen LogP contribution in [0, 0.1) is 0 Å². The van der Waals surface area contributed by atoms with Crippen molar-refractivity contribution in [1.29, 1.82) is 0 Å². The zero-order chi connectivity index (χ0) is 18.7. The first-order valence-corrected chi connectivity index (χ1v) is 9.85. The maximum absolute atomic E-state index is 9.05. The Balaban J connectivity index is 1.45. The number of aliphatic hydroxyl groups excluding tert-OH is 1. The molecule has 4 rings (SSSR count). The van der Waals surface area contributed by atoms with Crippen LogP contribution in [0.1, 0.15) is 31.2 Å². The van der Waals surface area contributed by atoms with Gasteiger partial charge in [-0.25, -0.2) is 4.68 Å². The number of aromatic nitrogens is 2. The molecule has 0 spiro atoms. The quantitative estimate of drug-likeness (QED) is 0.810. The van der Waals surface area contributed by atoms with Gasteiger partial charge in [-0.2, -0.15) is 5.10 Å². The van der Waals surface area contributed by atoms with Gasteiger partial charge in [-0.15, -0.1) is 0 Å². The summed E-state index contributed by atoms with van der Waals surface area (Å²) in [5.74, 6) is 0. The first-order chi connectivity index (χ1) is 13.2. The Hall–Kier alpha value is -1.73. The van der Waals surface area contributed by atoms with Crippen LogP contribution in [0.3, 0.4) is 0 Å². The number of benzene rings is 1. The number of rotatable bonds is 7. The van der Waals surface area contributed by atoms with E-state index < -0.39 is 0 Å². The molecule has 6 nitrogen and oxygen atoms in total. The molecule has 1 aromatic carbocycles. The number of ether oxygens (including phenoxy) is 2. The fourth-order valence-electron chi connectivity index (χ4n) is 4.73. The second-order valence-corrected chi connectivity index (χ2v) is 7.61. The molecule has 2 aliphatic rings. The van der Waals surface area contributed by atoms with E-state index in [4.69, 9.17) is 14.6 Å². The van der Waals surface area contributed by atoms with Crippen LogP contribution in [-0.4, -0.2) is 64.4 Å². The summed E-state index contributed by atoms with van der Waals surface area (Å²) in [7, 11) is 1.85. The van der Waals surface area contributed by atoms with Crippen LogP contribution in [0.4, 0.5) is 0 Å². The van der Waals surface area contributed by atoms with E-state index in [9.17, 15) is 0 Å². The van der Waals surface area contributed by atoms with Crippen molar-refractivity contribution in [3.8, 4) is 5.69 Å². The molecule has 1 saturated heterocycles. The summed E-state index contributed by atoms with van der Waals surface area (Å²) in [6.07, 6.45) is 8.05. The molecule has 27 heavy (non-hydrogen) atoms. The predicted molar refractivity (Wildman–Crippen MR) is 103 cm³/mol. The van der Waals surface area contributed by atoms with Crippen molar-refractivity contribution >= 4 is 0 Å². The summed E-state index contributed by atoms with van der Waals surface area (Å²) in [4.78, 5) is 2.54. The fourth-order valence-corrected chi connectivity index (χ4v) is 4.73. The van der Waals surface area contributed by atoms with Crippen LogP contribution >= 0.6 is 0 Å². The van der Waals surface area contributed by atoms with E-state index in [1.807, 2.05) is 24.1 Å². The average Bonchev–Trinajstić information content (AvgIpc) is 3.36. The standard InChI is InChI=1S/C21H29N3O3/c1-26-21-8-7-19(27-14-13-25)15-20(21)23(12-9-21)16-17-3-5-18(6-4-17)24-11-2-10-22-24/h2-6,10-11,19-20,25H,7-9,12-16H2,1H3/t19-,20-,21+/m0/s1. The predicted octanol–water partition coefficient (Wildman–Crippen LogP) is 2.39. The lowest BCUT2D eigenvalue weighted by Crippen LogP contribution is -2.51. The number of hydrogen-bond acceptors (Lipinski definition) is 5. The van der Waals surface area contributed by atoms with Gasteiger partial charge in [0.15, 0.2) is 0 Å². The SMILES string of the molecule is CO[C@@]12CC[C@H](OCCO)C[C@@H]1N(Cc1ccc(-n3cccn3)cc1)CC2. The van der Waals surface area contributed by atoms with Gasteiger partial charge in [0, 0.05) is 38.6 Å². The minimum absolute atomic E-state index is 0.0475. The Morgan fingerprint density at radius 1 is 1.26 bits per heavy atom. The van der Waals surface area contributed by atoms with Crippen LogP contribution in [0.25, 0.3) is 5.69 Å². The summed E-state index contributed by atoms with van der Waals surface area (Å²) < 4.78 is 13.8. The lowest BCUT2D eigenvalue weighted by molar-refractivity contribution is -0.104. The van der Waals surface area contributed by atoms with Gasteiger partial charge in [-0.3, -0.25) is 4.90 Å². The normalized spacial score (nSPS) is 28.4. The van der Waals surface area contributed by atoms with E-state index >= 15 is 0 Å². The van der Waals surface area contributed by atoms with Crippen molar-refractivity contribution in [3.05, 3.63) is 48.3 Å². The van der Waals surface area contributed by atoms with Crippen molar-refractivity contribution in [2.75, 3.05) is 26.9 Å². The smallest absolute Gasteiger partial charge is 0.0847 e. The molecule has 0 radical (unpaired) electrons. The van der Waals surface area contributed by atoms with Crippen LogP contribution in [0.15, 0.2) is 42.7 Å². The highest BCUT2D eigenvalue weighted by Gasteiger charge is 2.51. The van der Waals surface area contributed by atoms with Gasteiger partial charge in [0.1, 0.15) is 0 Å². The Kier molecular flexibility index (Phi) is 5.59. The van der Waals surface area contributed by atoms with Gasteiger partial charge in [0.05, 0.1) is 30.6 Å². The third-order valence-electron chi connectivity index (χ3n) is 6.19. The molecule has 0 bridgehead atoms. The zero-order valence-electron chi connectivity index (χ0n) is 16.0. The first kappa shape index (κ1) is 18.6. The van der Waals surface area contributed by atoms with Crippen LogP contribution in [0.5, 0.6) is 0 Å². The molecular formula is C21H29N3O3. The van der Waals surface area contributed by atoms with Gasteiger partial charge in [-0.1, -0.05) is 12.1 Å². The van der Waals surface area contributed by atoms with Gasteiger partial charge >= 0.3 is 0 Å². The van der Waals surface area contributed by atoms with E-state index in [-0.39, 0.29) is 18.3 Å². The van der Waals surface area contributed by atoms with Crippen molar-refractivity contribution < 1.29 is 14.6 Å². The first-order valence-electron chi connectivity index (χ1n) is 9.85. The Bertz CT molecular complexity index is 719. The Morgan fingerprint density at radius 3 is 2.81 bits per heavy atom. The Morgan fingerprint density at radius 2 is 2.11 bits per heavy atom. The second kappa shape index (κ2) is 8.10. The van der Waals surface area contributed by atoms with E-state index in [0.29, 0.717) is 12.6 Å². The number of nitrogens with zero attached hydrogens (tertiary/aromatic N) is 3. The van der Waals surface area contributed by atoms with E-state index in [1.165, 1.54) is 5.56 Å². The van der Waals surface area contributed by atoms with Crippen LogP contribution < -0.4 is 0 Å². The molecule has 1 saturated carbocycles. The number of aliphatic hydroxyl groups is 1. The third-order valence-corrected chi connectivity index (χ3v) is 6.19. The number of fused-ring (bicyclic) bond motifs is 1. The molecule has 146 valence electrons. The molecule has 2 fully saturated rings. The molecule has 3 atom stereocenters. The highest BCUT2D eigenvalue weighted by atomic mass is 16.5. The van der Waals surface area contributed by atoms with Gasteiger partial charge in [0.2, 0.25) is 0 Å². The molecule has 1 aliphatic heterocycles. The van der Waals surface area contributed by atoms with E-state index in [2.05, 4.69) is 34.3 Å². The minimum atomic E-state index is -0.0475. The van der Waals surface area contributed by atoms with E-state index in [0.717, 1.165) is 44.5 Å². The number of hydrogen-bond donors (Lipinski definition) is 1. The minimum Gasteiger partial charge on any atom is -0.394 e. The molecule has 2 heterocycles. The topological polar surface area (TPSA) is 59.8 Å². The number of methoxy groups -OCH3 is 1. The molecule has 1 N–H and O–H groups in total. The lowest BCUT2D eigenvalue weighted by Gasteiger charge is -2.43. The van der Waals surface area contributed by atoms with Crippen LogP contribution in [0.2, 0.25) is 0 Å². The zero-order valence-corrected chi connectivity index (χ0v) is 16.0. The number of likely N-dealkylation sites (tertiary alicyclic amines) is 1. The summed E-state index contributed by atoms with van der Waals surface area (Å²) in [5, 5.41) is 13.3. The van der Waals surface area contributed by atoms with Crippen LogP contribution in [-0.2, 0) is 16.0 Å². The molecule has 2 aromatic rings. The highest BCUT2D eigenvalue weighted by molar-refractivity contribution is 5.33. The molecule has 0 unspecified atom stereocenters. The summed E-state index contributed by atoms with van der Waals surface area (Å²) in [5.41, 5.74) is 2.33. The molecule has 0 amide bonds. The van der Waals surface area contributed by atoms with E-state index in [1.54, 1.807) is 6.20 Å². The lowest BCUT2D eigenvalue weighted by atomic mass is 9.79. The molecule has 1 aliphatic carbocycles. The van der Waals surface area contributed by atoms with Crippen molar-refractivity contribution in [3.63, 3.8) is 0 Å². The fraction of sp³-hybridized carbons (Fsp3) is 0.571. The summed E-state index contributed by atoms with van der Waals surface area (Å²) in [6.45, 7) is 2.48. The van der Waals surface area contributed by atoms with Gasteiger partial charge in [0.25, 0.3) is 0 Å². The van der Waals surface area contributed by atoms with Crippen molar-refractivity contribution in [2.24, 2.45) is 0 Å². The van der Waals surface area contributed by atoms with Crippen molar-refractivity contribution in [1.82, 2.24) is 14.7 Å². The van der Waals surface area contributed by atoms with Gasteiger partial charge < -0.3 is 14.6 Å². The molecule has 1 aromatic heterocycles. The molecule has 6 heteroatoms. The summed E-state index contributed by atoms with van der Waals surface area (Å²) >= 11 is 0. The Labute approximate surface area is 160 Å². The average molecular weight is 371 g/mol.